The summed E-state index contributed by atoms with van der Waals surface area (Å²) in [4.78, 5) is 26.7. The van der Waals surface area contributed by atoms with Gasteiger partial charge in [-0.3, -0.25) is 9.59 Å². The van der Waals surface area contributed by atoms with Crippen LogP contribution in [0.25, 0.3) is 0 Å². The topological polar surface area (TPSA) is 105 Å². The van der Waals surface area contributed by atoms with Gasteiger partial charge in [0.15, 0.2) is 0 Å². The van der Waals surface area contributed by atoms with Gasteiger partial charge in [0.05, 0.1) is 22.4 Å². The lowest BCUT2D eigenvalue weighted by Gasteiger charge is -2.20. The molecule has 2 saturated heterocycles. The minimum absolute atomic E-state index is 0.0150. The molecule has 2 aromatic rings. The summed E-state index contributed by atoms with van der Waals surface area (Å²) in [6.45, 7) is 1.46. The average Bonchev–Trinajstić information content (AvgIpc) is 3.44. The number of hydrogen-bond donors (Lipinski definition) is 2. The molecule has 2 amide bonds. The third-order valence-electron chi connectivity index (χ3n) is 5.45. The molecule has 1 unspecified atom stereocenters. The maximum absolute atomic E-state index is 12.9. The van der Waals surface area contributed by atoms with Crippen molar-refractivity contribution in [1.29, 1.82) is 0 Å². The smallest absolute Gasteiger partial charge is 0.255 e. The highest BCUT2D eigenvalue weighted by molar-refractivity contribution is 7.89. The number of carbonyl (C=O) groups is 2. The van der Waals surface area contributed by atoms with Crippen molar-refractivity contribution in [3.05, 3.63) is 54.1 Å². The molecule has 4 rings (SSSR count). The monoisotopic (exact) mass is 443 g/mol. The standard InChI is InChI=1S/C22H25N3O5S/c26-21-11-4-12-25(21)20-10-2-1-9-19(20)24-22(27)16-6-3-8-18(14-16)31(28,29)23-15-17-7-5-13-30-17/h1-3,6,8-10,14,17,23H,4-5,7,11-13,15H2,(H,24,27). The second-order valence-corrected chi connectivity index (χ2v) is 9.40. The Bertz CT molecular complexity index is 1080. The molecule has 1 atom stereocenters. The Morgan fingerprint density at radius 1 is 1.13 bits per heavy atom. The molecular formula is C22H25N3O5S. The summed E-state index contributed by atoms with van der Waals surface area (Å²) < 4.78 is 33.3. The Morgan fingerprint density at radius 2 is 1.97 bits per heavy atom. The number of ether oxygens (including phenoxy) is 1. The first-order valence-electron chi connectivity index (χ1n) is 10.4. The van der Waals surface area contributed by atoms with Crippen molar-refractivity contribution < 1.29 is 22.7 Å². The molecule has 2 aromatic carbocycles. The molecule has 2 heterocycles. The van der Waals surface area contributed by atoms with Gasteiger partial charge in [-0.15, -0.1) is 0 Å². The molecule has 0 aromatic heterocycles. The minimum atomic E-state index is -3.77. The highest BCUT2D eigenvalue weighted by atomic mass is 32.2. The van der Waals surface area contributed by atoms with Gasteiger partial charge in [-0.1, -0.05) is 18.2 Å². The Balaban J connectivity index is 1.49. The van der Waals surface area contributed by atoms with Gasteiger partial charge in [-0.25, -0.2) is 13.1 Å². The summed E-state index contributed by atoms with van der Waals surface area (Å²) >= 11 is 0. The first kappa shape index (κ1) is 21.5. The van der Waals surface area contributed by atoms with Crippen molar-refractivity contribution in [1.82, 2.24) is 4.72 Å². The van der Waals surface area contributed by atoms with E-state index >= 15 is 0 Å². The van der Waals surface area contributed by atoms with Crippen molar-refractivity contribution in [2.24, 2.45) is 0 Å². The Hall–Kier alpha value is -2.75. The summed E-state index contributed by atoms with van der Waals surface area (Å²) in [5.74, 6) is -0.428. The van der Waals surface area contributed by atoms with Crippen molar-refractivity contribution >= 4 is 33.2 Å². The Kier molecular flexibility index (Phi) is 6.35. The third kappa shape index (κ3) is 4.95. The lowest BCUT2D eigenvalue weighted by Crippen LogP contribution is -2.32. The van der Waals surface area contributed by atoms with Crippen LogP contribution < -0.4 is 14.9 Å². The number of hydrogen-bond acceptors (Lipinski definition) is 5. The molecule has 0 aliphatic carbocycles. The average molecular weight is 444 g/mol. The SMILES string of the molecule is O=C(Nc1ccccc1N1CCCC1=O)c1cccc(S(=O)(=O)NCC2CCCO2)c1. The Labute approximate surface area is 181 Å². The summed E-state index contributed by atoms with van der Waals surface area (Å²) in [5, 5.41) is 2.81. The number of carbonyl (C=O) groups excluding carboxylic acids is 2. The van der Waals surface area contributed by atoms with Gasteiger partial charge in [0.1, 0.15) is 0 Å². The predicted octanol–water partition coefficient (Wildman–Crippen LogP) is 2.52. The molecule has 2 aliphatic heterocycles. The number of para-hydroxylation sites is 2. The highest BCUT2D eigenvalue weighted by Crippen LogP contribution is 2.29. The summed E-state index contributed by atoms with van der Waals surface area (Å²) in [7, 11) is -3.77. The van der Waals surface area contributed by atoms with E-state index in [4.69, 9.17) is 4.74 Å². The van der Waals surface area contributed by atoms with E-state index < -0.39 is 15.9 Å². The third-order valence-corrected chi connectivity index (χ3v) is 6.87. The molecule has 164 valence electrons. The first-order valence-corrected chi connectivity index (χ1v) is 11.8. The second-order valence-electron chi connectivity index (χ2n) is 7.63. The van der Waals surface area contributed by atoms with Crippen LogP contribution in [0.5, 0.6) is 0 Å². The second kappa shape index (κ2) is 9.17. The van der Waals surface area contributed by atoms with Gasteiger partial charge in [0, 0.05) is 31.7 Å². The fraction of sp³-hybridized carbons (Fsp3) is 0.364. The fourth-order valence-corrected chi connectivity index (χ4v) is 4.92. The summed E-state index contributed by atoms with van der Waals surface area (Å²) in [6, 6.07) is 13.0. The van der Waals surface area contributed by atoms with Crippen molar-refractivity contribution in [2.45, 2.75) is 36.7 Å². The summed E-state index contributed by atoms with van der Waals surface area (Å²) in [5.41, 5.74) is 1.36. The zero-order valence-corrected chi connectivity index (χ0v) is 17.9. The molecule has 8 nitrogen and oxygen atoms in total. The van der Waals surface area contributed by atoms with Gasteiger partial charge < -0.3 is 15.0 Å². The van der Waals surface area contributed by atoms with Crippen LogP contribution in [0.4, 0.5) is 11.4 Å². The lowest BCUT2D eigenvalue weighted by molar-refractivity contribution is -0.117. The molecule has 2 fully saturated rings. The predicted molar refractivity (Wildman–Crippen MR) is 117 cm³/mol. The number of amides is 2. The van der Waals surface area contributed by atoms with Gasteiger partial charge in [0.25, 0.3) is 5.91 Å². The van der Waals surface area contributed by atoms with Crippen LogP contribution in [-0.2, 0) is 19.6 Å². The zero-order valence-electron chi connectivity index (χ0n) is 17.0. The molecular weight excluding hydrogens is 418 g/mol. The summed E-state index contributed by atoms with van der Waals surface area (Å²) in [6.07, 6.45) is 2.89. The van der Waals surface area contributed by atoms with Gasteiger partial charge in [-0.05, 0) is 49.6 Å². The quantitative estimate of drug-likeness (QED) is 0.684. The fourth-order valence-electron chi connectivity index (χ4n) is 3.81. The van der Waals surface area contributed by atoms with E-state index in [-0.39, 0.29) is 29.0 Å². The molecule has 31 heavy (non-hydrogen) atoms. The van der Waals surface area contributed by atoms with Crippen LogP contribution in [0.1, 0.15) is 36.0 Å². The molecule has 0 radical (unpaired) electrons. The van der Waals surface area contributed by atoms with E-state index in [1.807, 2.05) is 6.07 Å². The van der Waals surface area contributed by atoms with Crippen LogP contribution in [0.2, 0.25) is 0 Å². The van der Waals surface area contributed by atoms with Crippen LogP contribution in [0.3, 0.4) is 0 Å². The minimum Gasteiger partial charge on any atom is -0.377 e. The largest absolute Gasteiger partial charge is 0.377 e. The van der Waals surface area contributed by atoms with E-state index in [1.54, 1.807) is 29.2 Å². The van der Waals surface area contributed by atoms with E-state index in [0.717, 1.165) is 19.3 Å². The molecule has 2 aliphatic rings. The maximum atomic E-state index is 12.9. The van der Waals surface area contributed by atoms with Crippen molar-refractivity contribution in [3.63, 3.8) is 0 Å². The molecule has 2 N–H and O–H groups in total. The normalized spacial score (nSPS) is 19.0. The van der Waals surface area contributed by atoms with E-state index in [1.165, 1.54) is 18.2 Å². The van der Waals surface area contributed by atoms with E-state index in [0.29, 0.717) is 30.9 Å². The van der Waals surface area contributed by atoms with Gasteiger partial charge in [-0.2, -0.15) is 0 Å². The van der Waals surface area contributed by atoms with E-state index in [9.17, 15) is 18.0 Å². The van der Waals surface area contributed by atoms with Crippen molar-refractivity contribution in [3.8, 4) is 0 Å². The number of sulfonamides is 1. The Morgan fingerprint density at radius 3 is 2.71 bits per heavy atom. The van der Waals surface area contributed by atoms with Crippen LogP contribution in [-0.4, -0.2) is 46.0 Å². The van der Waals surface area contributed by atoms with E-state index in [2.05, 4.69) is 10.0 Å². The number of nitrogens with one attached hydrogen (secondary N) is 2. The van der Waals surface area contributed by atoms with Crippen LogP contribution >= 0.6 is 0 Å². The van der Waals surface area contributed by atoms with Gasteiger partial charge in [0.2, 0.25) is 15.9 Å². The van der Waals surface area contributed by atoms with Crippen LogP contribution in [0.15, 0.2) is 53.4 Å². The van der Waals surface area contributed by atoms with Crippen molar-refractivity contribution in [2.75, 3.05) is 29.9 Å². The highest BCUT2D eigenvalue weighted by Gasteiger charge is 2.25. The van der Waals surface area contributed by atoms with Gasteiger partial charge >= 0.3 is 0 Å². The molecule has 9 heteroatoms. The number of rotatable bonds is 7. The first-order chi connectivity index (χ1) is 14.9. The number of nitrogens with zero attached hydrogens (tertiary/aromatic N) is 1. The molecule has 0 spiro atoms. The van der Waals surface area contributed by atoms with Crippen LogP contribution in [0, 0.1) is 0 Å². The maximum Gasteiger partial charge on any atom is 0.255 e. The zero-order chi connectivity index (χ0) is 21.8. The molecule has 0 saturated carbocycles. The number of benzene rings is 2. The lowest BCUT2D eigenvalue weighted by atomic mass is 10.2. The number of anilines is 2. The molecule has 0 bridgehead atoms.